The molecule has 5 heteroatoms. The number of hydrogen-bond acceptors (Lipinski definition) is 4. The summed E-state index contributed by atoms with van der Waals surface area (Å²) in [6.45, 7) is 10.3. The van der Waals surface area contributed by atoms with Crippen LogP contribution < -0.4 is 4.90 Å². The van der Waals surface area contributed by atoms with Gasteiger partial charge in [0.1, 0.15) is 0 Å². The third kappa shape index (κ3) is 3.47. The SMILES string of the molecule is CC(C)N1CCN(C(=O)c2ccc3scc(N4CCCCC4)c3c2)CC1. The number of benzene rings is 1. The molecule has 2 aliphatic heterocycles. The number of fused-ring (bicyclic) bond motifs is 1. The molecule has 2 aromatic rings. The van der Waals surface area contributed by atoms with Gasteiger partial charge in [0, 0.05) is 66.3 Å². The molecular weight excluding hydrogens is 342 g/mol. The maximum atomic E-state index is 13.0. The fourth-order valence-electron chi connectivity index (χ4n) is 4.15. The maximum Gasteiger partial charge on any atom is 0.253 e. The number of anilines is 1. The van der Waals surface area contributed by atoms with E-state index >= 15 is 0 Å². The number of hydrogen-bond donors (Lipinski definition) is 0. The van der Waals surface area contributed by atoms with Gasteiger partial charge in [0.05, 0.1) is 5.69 Å². The average Bonchev–Trinajstić information content (AvgIpc) is 3.11. The Morgan fingerprint density at radius 3 is 2.42 bits per heavy atom. The fourth-order valence-corrected chi connectivity index (χ4v) is 5.10. The van der Waals surface area contributed by atoms with Crippen molar-refractivity contribution in [3.8, 4) is 0 Å². The smallest absolute Gasteiger partial charge is 0.253 e. The summed E-state index contributed by atoms with van der Waals surface area (Å²) in [6, 6.07) is 6.83. The van der Waals surface area contributed by atoms with Gasteiger partial charge in [0.2, 0.25) is 0 Å². The zero-order chi connectivity index (χ0) is 18.1. The number of piperidine rings is 1. The van der Waals surface area contributed by atoms with Crippen LogP contribution in [0.3, 0.4) is 0 Å². The van der Waals surface area contributed by atoms with Crippen molar-refractivity contribution in [2.45, 2.75) is 39.2 Å². The molecule has 3 heterocycles. The molecule has 4 nitrogen and oxygen atoms in total. The van der Waals surface area contributed by atoms with Gasteiger partial charge in [0.15, 0.2) is 0 Å². The first-order valence-electron chi connectivity index (χ1n) is 9.93. The van der Waals surface area contributed by atoms with Crippen molar-refractivity contribution in [2.75, 3.05) is 44.2 Å². The predicted molar refractivity (Wildman–Crippen MR) is 111 cm³/mol. The van der Waals surface area contributed by atoms with Crippen molar-refractivity contribution in [3.63, 3.8) is 0 Å². The van der Waals surface area contributed by atoms with Crippen LogP contribution in [-0.2, 0) is 0 Å². The lowest BCUT2D eigenvalue weighted by Crippen LogP contribution is -2.50. The monoisotopic (exact) mass is 371 g/mol. The summed E-state index contributed by atoms with van der Waals surface area (Å²) in [5.74, 6) is 0.186. The van der Waals surface area contributed by atoms with E-state index in [2.05, 4.69) is 41.2 Å². The molecule has 26 heavy (non-hydrogen) atoms. The number of piperazine rings is 1. The Labute approximate surface area is 160 Å². The summed E-state index contributed by atoms with van der Waals surface area (Å²) in [5, 5.41) is 3.52. The van der Waals surface area contributed by atoms with Crippen LogP contribution in [0.2, 0.25) is 0 Å². The van der Waals surface area contributed by atoms with E-state index in [0.29, 0.717) is 6.04 Å². The van der Waals surface area contributed by atoms with Crippen molar-refractivity contribution >= 4 is 33.0 Å². The molecule has 0 radical (unpaired) electrons. The van der Waals surface area contributed by atoms with E-state index in [4.69, 9.17) is 0 Å². The highest BCUT2D eigenvalue weighted by Gasteiger charge is 2.24. The third-order valence-electron chi connectivity index (χ3n) is 5.83. The van der Waals surface area contributed by atoms with E-state index in [1.54, 1.807) is 11.3 Å². The van der Waals surface area contributed by atoms with E-state index in [-0.39, 0.29) is 5.91 Å². The Morgan fingerprint density at radius 2 is 1.73 bits per heavy atom. The van der Waals surface area contributed by atoms with Gasteiger partial charge in [-0.05, 0) is 51.3 Å². The van der Waals surface area contributed by atoms with Crippen molar-refractivity contribution in [2.24, 2.45) is 0 Å². The molecule has 0 N–H and O–H groups in total. The predicted octanol–water partition coefficient (Wildman–Crippen LogP) is 4.06. The number of carbonyl (C=O) groups excluding carboxylic acids is 1. The first-order chi connectivity index (χ1) is 12.6. The summed E-state index contributed by atoms with van der Waals surface area (Å²) in [6.07, 6.45) is 3.89. The van der Waals surface area contributed by atoms with Crippen molar-refractivity contribution in [3.05, 3.63) is 29.1 Å². The second kappa shape index (κ2) is 7.57. The molecule has 0 aliphatic carbocycles. The van der Waals surface area contributed by atoms with Crippen LogP contribution in [0, 0.1) is 0 Å². The van der Waals surface area contributed by atoms with Crippen LogP contribution in [0.1, 0.15) is 43.5 Å². The molecule has 1 aromatic heterocycles. The van der Waals surface area contributed by atoms with E-state index in [9.17, 15) is 4.79 Å². The molecule has 0 atom stereocenters. The second-order valence-electron chi connectivity index (χ2n) is 7.80. The van der Waals surface area contributed by atoms with Gasteiger partial charge in [-0.25, -0.2) is 0 Å². The molecule has 0 saturated carbocycles. The van der Waals surface area contributed by atoms with Crippen LogP contribution in [0.4, 0.5) is 5.69 Å². The summed E-state index contributed by atoms with van der Waals surface area (Å²) in [5.41, 5.74) is 2.16. The molecule has 4 rings (SSSR count). The third-order valence-corrected chi connectivity index (χ3v) is 6.78. The van der Waals surface area contributed by atoms with Crippen LogP contribution in [0.5, 0.6) is 0 Å². The van der Waals surface area contributed by atoms with E-state index in [0.717, 1.165) is 44.8 Å². The summed E-state index contributed by atoms with van der Waals surface area (Å²) in [4.78, 5) is 20.0. The lowest BCUT2D eigenvalue weighted by Gasteiger charge is -2.37. The molecule has 1 aromatic carbocycles. The largest absolute Gasteiger partial charge is 0.370 e. The lowest BCUT2D eigenvalue weighted by molar-refractivity contribution is 0.0595. The Kier molecular flexibility index (Phi) is 5.18. The number of thiophene rings is 1. The lowest BCUT2D eigenvalue weighted by atomic mass is 10.1. The first-order valence-corrected chi connectivity index (χ1v) is 10.8. The maximum absolute atomic E-state index is 13.0. The van der Waals surface area contributed by atoms with Crippen molar-refractivity contribution < 1.29 is 4.79 Å². The van der Waals surface area contributed by atoms with Gasteiger partial charge < -0.3 is 9.80 Å². The van der Waals surface area contributed by atoms with Crippen LogP contribution in [0.15, 0.2) is 23.6 Å². The zero-order valence-corrected chi connectivity index (χ0v) is 16.7. The Balaban J connectivity index is 1.54. The number of rotatable bonds is 3. The molecule has 2 saturated heterocycles. The minimum Gasteiger partial charge on any atom is -0.370 e. The molecule has 1 amide bonds. The fraction of sp³-hybridized carbons (Fsp3) is 0.571. The summed E-state index contributed by atoms with van der Waals surface area (Å²) >= 11 is 1.79. The molecule has 0 bridgehead atoms. The summed E-state index contributed by atoms with van der Waals surface area (Å²) < 4.78 is 1.28. The van der Waals surface area contributed by atoms with Gasteiger partial charge in [-0.2, -0.15) is 0 Å². The Hall–Kier alpha value is -1.59. The van der Waals surface area contributed by atoms with E-state index in [1.807, 2.05) is 11.0 Å². The topological polar surface area (TPSA) is 26.8 Å². The second-order valence-corrected chi connectivity index (χ2v) is 8.71. The van der Waals surface area contributed by atoms with Gasteiger partial charge >= 0.3 is 0 Å². The zero-order valence-electron chi connectivity index (χ0n) is 15.9. The van der Waals surface area contributed by atoms with Gasteiger partial charge in [-0.15, -0.1) is 11.3 Å². The number of amides is 1. The first kappa shape index (κ1) is 17.8. The quantitative estimate of drug-likeness (QED) is 0.814. The molecule has 2 aliphatic rings. The molecule has 2 fully saturated rings. The van der Waals surface area contributed by atoms with Crippen LogP contribution in [-0.4, -0.2) is 61.0 Å². The minimum atomic E-state index is 0.186. The highest BCUT2D eigenvalue weighted by molar-refractivity contribution is 7.17. The normalized spacial score (nSPS) is 19.5. The molecular formula is C21H29N3OS. The average molecular weight is 372 g/mol. The highest BCUT2D eigenvalue weighted by atomic mass is 32.1. The number of carbonyl (C=O) groups is 1. The van der Waals surface area contributed by atoms with Crippen molar-refractivity contribution in [1.29, 1.82) is 0 Å². The highest BCUT2D eigenvalue weighted by Crippen LogP contribution is 2.35. The van der Waals surface area contributed by atoms with Crippen LogP contribution >= 0.6 is 11.3 Å². The Morgan fingerprint density at radius 1 is 1.00 bits per heavy atom. The molecule has 0 spiro atoms. The Bertz CT molecular complexity index is 771. The molecule has 140 valence electrons. The van der Waals surface area contributed by atoms with E-state index < -0.39 is 0 Å². The van der Waals surface area contributed by atoms with Crippen molar-refractivity contribution in [1.82, 2.24) is 9.80 Å². The van der Waals surface area contributed by atoms with Gasteiger partial charge in [-0.1, -0.05) is 0 Å². The number of nitrogens with zero attached hydrogens (tertiary/aromatic N) is 3. The molecule has 0 unspecified atom stereocenters. The van der Waals surface area contributed by atoms with Crippen LogP contribution in [0.25, 0.3) is 10.1 Å². The van der Waals surface area contributed by atoms with Gasteiger partial charge in [-0.3, -0.25) is 9.69 Å². The standard InChI is InChI=1S/C21H29N3OS/c1-16(2)22-10-12-24(13-11-22)21(25)17-6-7-20-18(14-17)19(15-26-20)23-8-4-3-5-9-23/h6-7,14-16H,3-5,8-13H2,1-2H3. The van der Waals surface area contributed by atoms with Gasteiger partial charge in [0.25, 0.3) is 5.91 Å². The summed E-state index contributed by atoms with van der Waals surface area (Å²) in [7, 11) is 0. The minimum absolute atomic E-state index is 0.186. The van der Waals surface area contributed by atoms with E-state index in [1.165, 1.54) is 35.0 Å².